The molecule has 2 atom stereocenters. The SMILES string of the molecule is CCCCC1CC(NC2CCCC2)CN(CCO)C1. The standard InChI is InChI=1S/C16H32N2O/c1-2-3-6-14-11-16(13-18(12-14)9-10-19)17-15-7-4-5-8-15/h14-17,19H,2-13H2,1H3. The normalized spacial score (nSPS) is 30.0. The van der Waals surface area contributed by atoms with Crippen molar-refractivity contribution < 1.29 is 5.11 Å². The Kier molecular flexibility index (Phi) is 6.62. The van der Waals surface area contributed by atoms with Crippen LogP contribution in [-0.4, -0.2) is 48.3 Å². The predicted octanol–water partition coefficient (Wildman–Crippen LogP) is 2.39. The van der Waals surface area contributed by atoms with Gasteiger partial charge in [-0.1, -0.05) is 32.6 Å². The Morgan fingerprint density at radius 2 is 1.95 bits per heavy atom. The smallest absolute Gasteiger partial charge is 0.0558 e. The highest BCUT2D eigenvalue weighted by Gasteiger charge is 2.28. The maximum Gasteiger partial charge on any atom is 0.0558 e. The van der Waals surface area contributed by atoms with Gasteiger partial charge in [0.25, 0.3) is 0 Å². The first-order valence-corrected chi connectivity index (χ1v) is 8.41. The summed E-state index contributed by atoms with van der Waals surface area (Å²) in [4.78, 5) is 2.47. The maximum absolute atomic E-state index is 9.19. The van der Waals surface area contributed by atoms with E-state index in [9.17, 15) is 5.11 Å². The number of nitrogens with one attached hydrogen (secondary N) is 1. The average Bonchev–Trinajstić information content (AvgIpc) is 2.89. The number of piperidine rings is 1. The Bertz CT molecular complexity index is 241. The second-order valence-electron chi connectivity index (χ2n) is 6.57. The minimum absolute atomic E-state index is 0.302. The third kappa shape index (κ3) is 5.05. The molecule has 1 heterocycles. The Labute approximate surface area is 118 Å². The number of rotatable bonds is 7. The van der Waals surface area contributed by atoms with E-state index in [4.69, 9.17) is 0 Å². The zero-order valence-electron chi connectivity index (χ0n) is 12.6. The summed E-state index contributed by atoms with van der Waals surface area (Å²) >= 11 is 0. The van der Waals surface area contributed by atoms with Crippen LogP contribution >= 0.6 is 0 Å². The molecule has 2 rings (SSSR count). The fourth-order valence-electron chi connectivity index (χ4n) is 3.88. The number of hydrogen-bond acceptors (Lipinski definition) is 3. The lowest BCUT2D eigenvalue weighted by Gasteiger charge is -2.39. The first-order valence-electron chi connectivity index (χ1n) is 8.41. The van der Waals surface area contributed by atoms with Crippen molar-refractivity contribution >= 4 is 0 Å². The lowest BCUT2D eigenvalue weighted by molar-refractivity contribution is 0.107. The summed E-state index contributed by atoms with van der Waals surface area (Å²) < 4.78 is 0. The van der Waals surface area contributed by atoms with Crippen molar-refractivity contribution in [1.29, 1.82) is 0 Å². The van der Waals surface area contributed by atoms with Crippen LogP contribution in [0, 0.1) is 5.92 Å². The molecule has 0 bridgehead atoms. The molecule has 0 aromatic heterocycles. The number of aliphatic hydroxyl groups is 1. The van der Waals surface area contributed by atoms with Gasteiger partial charge in [-0.3, -0.25) is 4.90 Å². The van der Waals surface area contributed by atoms with Crippen LogP contribution in [0.2, 0.25) is 0 Å². The Hall–Kier alpha value is -0.120. The van der Waals surface area contributed by atoms with Crippen molar-refractivity contribution in [2.75, 3.05) is 26.2 Å². The van der Waals surface area contributed by atoms with Crippen LogP contribution in [0.4, 0.5) is 0 Å². The number of nitrogens with zero attached hydrogens (tertiary/aromatic N) is 1. The van der Waals surface area contributed by atoms with E-state index in [1.54, 1.807) is 0 Å². The van der Waals surface area contributed by atoms with E-state index in [0.29, 0.717) is 12.6 Å². The Balaban J connectivity index is 1.81. The quantitative estimate of drug-likeness (QED) is 0.744. The zero-order chi connectivity index (χ0) is 13.5. The maximum atomic E-state index is 9.19. The van der Waals surface area contributed by atoms with Crippen LogP contribution < -0.4 is 5.32 Å². The van der Waals surface area contributed by atoms with Crippen LogP contribution in [0.3, 0.4) is 0 Å². The molecule has 2 N–H and O–H groups in total. The van der Waals surface area contributed by atoms with E-state index in [-0.39, 0.29) is 0 Å². The highest BCUT2D eigenvalue weighted by atomic mass is 16.3. The molecule has 2 fully saturated rings. The van der Waals surface area contributed by atoms with E-state index in [0.717, 1.165) is 25.0 Å². The van der Waals surface area contributed by atoms with Crippen LogP contribution in [0.5, 0.6) is 0 Å². The first kappa shape index (κ1) is 15.3. The van der Waals surface area contributed by atoms with Crippen molar-refractivity contribution in [2.24, 2.45) is 5.92 Å². The Morgan fingerprint density at radius 3 is 2.63 bits per heavy atom. The van der Waals surface area contributed by atoms with E-state index in [1.807, 2.05) is 0 Å². The molecule has 1 aliphatic heterocycles. The summed E-state index contributed by atoms with van der Waals surface area (Å²) in [6.45, 7) is 5.77. The van der Waals surface area contributed by atoms with Crippen molar-refractivity contribution in [3.8, 4) is 0 Å². The summed E-state index contributed by atoms with van der Waals surface area (Å²) in [6, 6.07) is 1.43. The molecule has 0 aromatic carbocycles. The van der Waals surface area contributed by atoms with Crippen LogP contribution in [0.1, 0.15) is 58.3 Å². The zero-order valence-corrected chi connectivity index (χ0v) is 12.6. The monoisotopic (exact) mass is 268 g/mol. The van der Waals surface area contributed by atoms with Crippen LogP contribution in [-0.2, 0) is 0 Å². The van der Waals surface area contributed by atoms with Crippen LogP contribution in [0.15, 0.2) is 0 Å². The largest absolute Gasteiger partial charge is 0.395 e. The fraction of sp³-hybridized carbons (Fsp3) is 1.00. The molecule has 0 radical (unpaired) electrons. The molecule has 0 aromatic rings. The summed E-state index contributed by atoms with van der Waals surface area (Å²) in [6.07, 6.45) is 10.9. The lowest BCUT2D eigenvalue weighted by Crippen LogP contribution is -2.52. The molecule has 0 spiro atoms. The minimum atomic E-state index is 0.302. The molecular formula is C16H32N2O. The molecule has 3 heteroatoms. The molecule has 0 amide bonds. The average molecular weight is 268 g/mol. The molecule has 19 heavy (non-hydrogen) atoms. The van der Waals surface area contributed by atoms with Crippen molar-refractivity contribution in [2.45, 2.75) is 70.4 Å². The second kappa shape index (κ2) is 8.23. The summed E-state index contributed by atoms with van der Waals surface area (Å²) in [5.74, 6) is 0.833. The molecular weight excluding hydrogens is 236 g/mol. The van der Waals surface area contributed by atoms with Gasteiger partial charge < -0.3 is 10.4 Å². The van der Waals surface area contributed by atoms with Crippen LogP contribution in [0.25, 0.3) is 0 Å². The summed E-state index contributed by atoms with van der Waals surface area (Å²) in [5, 5.41) is 13.1. The fourth-order valence-corrected chi connectivity index (χ4v) is 3.88. The van der Waals surface area contributed by atoms with Gasteiger partial charge in [-0.05, 0) is 31.6 Å². The van der Waals surface area contributed by atoms with E-state index >= 15 is 0 Å². The molecule has 1 saturated carbocycles. The van der Waals surface area contributed by atoms with Gasteiger partial charge in [0.2, 0.25) is 0 Å². The van der Waals surface area contributed by atoms with Gasteiger partial charge in [-0.25, -0.2) is 0 Å². The third-order valence-electron chi connectivity index (χ3n) is 4.82. The number of likely N-dealkylation sites (tertiary alicyclic amines) is 1. The minimum Gasteiger partial charge on any atom is -0.395 e. The van der Waals surface area contributed by atoms with Gasteiger partial charge in [0.15, 0.2) is 0 Å². The van der Waals surface area contributed by atoms with Crippen molar-refractivity contribution in [1.82, 2.24) is 10.2 Å². The molecule has 3 nitrogen and oxygen atoms in total. The molecule has 112 valence electrons. The van der Waals surface area contributed by atoms with Gasteiger partial charge in [0.05, 0.1) is 6.61 Å². The summed E-state index contributed by atoms with van der Waals surface area (Å²) in [5.41, 5.74) is 0. The molecule has 1 saturated heterocycles. The third-order valence-corrected chi connectivity index (χ3v) is 4.82. The summed E-state index contributed by atoms with van der Waals surface area (Å²) in [7, 11) is 0. The number of β-amino-alcohol motifs (C(OH)–C–C–N with tert-alkyl or cyclic N) is 1. The highest BCUT2D eigenvalue weighted by Crippen LogP contribution is 2.25. The van der Waals surface area contributed by atoms with Crippen molar-refractivity contribution in [3.05, 3.63) is 0 Å². The molecule has 1 aliphatic carbocycles. The van der Waals surface area contributed by atoms with Gasteiger partial charge >= 0.3 is 0 Å². The molecule has 2 aliphatic rings. The van der Waals surface area contributed by atoms with Gasteiger partial charge in [0, 0.05) is 31.7 Å². The number of unbranched alkanes of at least 4 members (excludes halogenated alkanes) is 1. The van der Waals surface area contributed by atoms with Gasteiger partial charge in [0.1, 0.15) is 0 Å². The first-order chi connectivity index (χ1) is 9.31. The highest BCUT2D eigenvalue weighted by molar-refractivity contribution is 4.87. The van der Waals surface area contributed by atoms with Gasteiger partial charge in [-0.2, -0.15) is 0 Å². The number of hydrogen-bond donors (Lipinski definition) is 2. The topological polar surface area (TPSA) is 35.5 Å². The molecule has 2 unspecified atom stereocenters. The van der Waals surface area contributed by atoms with E-state index in [2.05, 4.69) is 17.1 Å². The second-order valence-corrected chi connectivity index (χ2v) is 6.57. The lowest BCUT2D eigenvalue weighted by atomic mass is 9.89. The predicted molar refractivity (Wildman–Crippen MR) is 80.3 cm³/mol. The number of aliphatic hydroxyl groups excluding tert-OH is 1. The Morgan fingerprint density at radius 1 is 1.16 bits per heavy atom. The van der Waals surface area contributed by atoms with E-state index < -0.39 is 0 Å². The van der Waals surface area contributed by atoms with E-state index in [1.165, 1.54) is 57.9 Å². The van der Waals surface area contributed by atoms with Gasteiger partial charge in [-0.15, -0.1) is 0 Å². The van der Waals surface area contributed by atoms with Crippen molar-refractivity contribution in [3.63, 3.8) is 0 Å².